The standard InChI is InChI=1S/C34H40/c1-3-9-27(10-4-1)15-17-29-19-23-31(24-20-29)33-13-7-8-14-34(33)32-25-21-30(22-26-32)18-16-28-11-5-2-6-12-28/h1-6,9-12,29-34H,7-8,13-14,19-26H2. The van der Waals surface area contributed by atoms with Crippen LogP contribution < -0.4 is 0 Å². The monoisotopic (exact) mass is 448 g/mol. The van der Waals surface area contributed by atoms with Crippen molar-refractivity contribution in [2.24, 2.45) is 35.5 Å². The van der Waals surface area contributed by atoms with Crippen LogP contribution in [0.3, 0.4) is 0 Å². The second-order valence-corrected chi connectivity index (χ2v) is 11.1. The van der Waals surface area contributed by atoms with Gasteiger partial charge in [0.2, 0.25) is 0 Å². The van der Waals surface area contributed by atoms with Gasteiger partial charge in [-0.15, -0.1) is 0 Å². The van der Waals surface area contributed by atoms with Crippen LogP contribution >= 0.6 is 0 Å². The van der Waals surface area contributed by atoms with Crippen LogP contribution in [-0.2, 0) is 0 Å². The van der Waals surface area contributed by atoms with Crippen molar-refractivity contribution in [1.29, 1.82) is 0 Å². The molecular weight excluding hydrogens is 408 g/mol. The van der Waals surface area contributed by atoms with Crippen LogP contribution in [0.2, 0.25) is 0 Å². The summed E-state index contributed by atoms with van der Waals surface area (Å²) in [5, 5.41) is 0. The van der Waals surface area contributed by atoms with Gasteiger partial charge in [0.1, 0.15) is 0 Å². The topological polar surface area (TPSA) is 0 Å². The first-order chi connectivity index (χ1) is 16.8. The van der Waals surface area contributed by atoms with Crippen molar-refractivity contribution in [2.45, 2.75) is 77.0 Å². The van der Waals surface area contributed by atoms with Crippen molar-refractivity contribution in [3.05, 3.63) is 71.8 Å². The van der Waals surface area contributed by atoms with Crippen LogP contribution in [0.15, 0.2) is 60.7 Å². The molecule has 0 spiro atoms. The van der Waals surface area contributed by atoms with Crippen LogP contribution in [0, 0.1) is 59.2 Å². The minimum Gasteiger partial charge on any atom is -0.0945 e. The Bertz CT molecular complexity index is 910. The molecule has 0 heterocycles. The molecule has 5 rings (SSSR count). The number of hydrogen-bond acceptors (Lipinski definition) is 0. The fourth-order valence-corrected chi connectivity index (χ4v) is 7.16. The molecular formula is C34H40. The van der Waals surface area contributed by atoms with E-state index in [-0.39, 0.29) is 0 Å². The van der Waals surface area contributed by atoms with Gasteiger partial charge in [-0.3, -0.25) is 0 Å². The van der Waals surface area contributed by atoms with Crippen LogP contribution in [-0.4, -0.2) is 0 Å². The molecule has 3 saturated carbocycles. The number of benzene rings is 2. The van der Waals surface area contributed by atoms with E-state index in [1.54, 1.807) is 0 Å². The molecule has 0 aliphatic heterocycles. The SMILES string of the molecule is C(#CC1CCC(C2CCCCC2C2CCC(C#Cc3ccccc3)CC2)CC1)c1ccccc1. The lowest BCUT2D eigenvalue weighted by molar-refractivity contribution is 0.0608. The lowest BCUT2D eigenvalue weighted by atomic mass is 9.60. The highest BCUT2D eigenvalue weighted by Crippen LogP contribution is 2.48. The van der Waals surface area contributed by atoms with E-state index in [0.29, 0.717) is 11.8 Å². The van der Waals surface area contributed by atoms with Gasteiger partial charge in [0.05, 0.1) is 0 Å². The summed E-state index contributed by atoms with van der Waals surface area (Å²) in [6, 6.07) is 21.0. The van der Waals surface area contributed by atoms with Gasteiger partial charge in [-0.1, -0.05) is 72.9 Å². The third kappa shape index (κ3) is 6.16. The summed E-state index contributed by atoms with van der Waals surface area (Å²) in [5.41, 5.74) is 2.34. The molecule has 0 aromatic heterocycles. The van der Waals surface area contributed by atoms with E-state index in [1.807, 2.05) is 0 Å². The summed E-state index contributed by atoms with van der Waals surface area (Å²) in [7, 11) is 0. The highest BCUT2D eigenvalue weighted by molar-refractivity contribution is 5.35. The molecule has 0 heteroatoms. The molecule has 3 aliphatic carbocycles. The predicted molar refractivity (Wildman–Crippen MR) is 143 cm³/mol. The normalized spacial score (nSPS) is 31.4. The van der Waals surface area contributed by atoms with E-state index in [2.05, 4.69) is 84.3 Å². The van der Waals surface area contributed by atoms with Gasteiger partial charge in [0.15, 0.2) is 0 Å². The Morgan fingerprint density at radius 2 is 0.824 bits per heavy atom. The van der Waals surface area contributed by atoms with Crippen LogP contribution in [0.5, 0.6) is 0 Å². The molecule has 0 amide bonds. The largest absolute Gasteiger partial charge is 0.0945 e. The lowest BCUT2D eigenvalue weighted by Crippen LogP contribution is -2.35. The number of hydrogen-bond donors (Lipinski definition) is 0. The van der Waals surface area contributed by atoms with E-state index >= 15 is 0 Å². The molecule has 2 unspecified atom stereocenters. The van der Waals surface area contributed by atoms with E-state index in [0.717, 1.165) is 23.7 Å². The van der Waals surface area contributed by atoms with Crippen molar-refractivity contribution >= 4 is 0 Å². The van der Waals surface area contributed by atoms with E-state index in [1.165, 1.54) is 88.2 Å². The Morgan fingerprint density at radius 1 is 0.441 bits per heavy atom. The summed E-state index contributed by atoms with van der Waals surface area (Å²) in [6.45, 7) is 0. The van der Waals surface area contributed by atoms with Crippen molar-refractivity contribution < 1.29 is 0 Å². The van der Waals surface area contributed by atoms with Crippen molar-refractivity contribution in [1.82, 2.24) is 0 Å². The van der Waals surface area contributed by atoms with E-state index in [9.17, 15) is 0 Å². The molecule has 0 saturated heterocycles. The van der Waals surface area contributed by atoms with Gasteiger partial charge in [0, 0.05) is 23.0 Å². The molecule has 34 heavy (non-hydrogen) atoms. The highest BCUT2D eigenvalue weighted by atomic mass is 14.4. The highest BCUT2D eigenvalue weighted by Gasteiger charge is 2.38. The molecule has 0 radical (unpaired) electrons. The molecule has 2 aromatic carbocycles. The van der Waals surface area contributed by atoms with Gasteiger partial charge in [0.25, 0.3) is 0 Å². The molecule has 0 N–H and O–H groups in total. The first-order valence-electron chi connectivity index (χ1n) is 14.0. The summed E-state index contributed by atoms with van der Waals surface area (Å²) < 4.78 is 0. The van der Waals surface area contributed by atoms with Gasteiger partial charge < -0.3 is 0 Å². The van der Waals surface area contributed by atoms with Crippen molar-refractivity contribution in [2.75, 3.05) is 0 Å². The van der Waals surface area contributed by atoms with Gasteiger partial charge in [-0.25, -0.2) is 0 Å². The minimum absolute atomic E-state index is 0.608. The molecule has 2 atom stereocenters. The van der Waals surface area contributed by atoms with Crippen LogP contribution in [0.1, 0.15) is 88.2 Å². The number of rotatable bonds is 2. The molecule has 0 nitrogen and oxygen atoms in total. The second kappa shape index (κ2) is 11.8. The van der Waals surface area contributed by atoms with E-state index in [4.69, 9.17) is 0 Å². The Hall–Kier alpha value is -2.44. The first kappa shape index (κ1) is 23.3. The van der Waals surface area contributed by atoms with Crippen molar-refractivity contribution in [3.63, 3.8) is 0 Å². The Kier molecular flexibility index (Phi) is 8.09. The van der Waals surface area contributed by atoms with Crippen molar-refractivity contribution in [3.8, 4) is 23.7 Å². The van der Waals surface area contributed by atoms with Crippen LogP contribution in [0.25, 0.3) is 0 Å². The molecule has 0 bridgehead atoms. The average Bonchev–Trinajstić information content (AvgIpc) is 2.92. The molecule has 176 valence electrons. The molecule has 3 fully saturated rings. The average molecular weight is 449 g/mol. The zero-order chi connectivity index (χ0) is 23.0. The third-order valence-electron chi connectivity index (χ3n) is 9.02. The summed E-state index contributed by atoms with van der Waals surface area (Å²) in [6.07, 6.45) is 16.8. The van der Waals surface area contributed by atoms with Crippen LogP contribution in [0.4, 0.5) is 0 Å². The van der Waals surface area contributed by atoms with E-state index < -0.39 is 0 Å². The maximum absolute atomic E-state index is 3.60. The Labute approximate surface area is 207 Å². The molecule has 3 aliphatic rings. The van der Waals surface area contributed by atoms with Gasteiger partial charge >= 0.3 is 0 Å². The smallest absolute Gasteiger partial charge is 0.0245 e. The zero-order valence-electron chi connectivity index (χ0n) is 20.7. The molecule has 2 aromatic rings. The predicted octanol–water partition coefficient (Wildman–Crippen LogP) is 8.51. The summed E-state index contributed by atoms with van der Waals surface area (Å²) >= 11 is 0. The fraction of sp³-hybridized carbons (Fsp3) is 0.529. The lowest BCUT2D eigenvalue weighted by Gasteiger charge is -2.45. The quantitative estimate of drug-likeness (QED) is 0.404. The van der Waals surface area contributed by atoms with Gasteiger partial charge in [-0.2, -0.15) is 0 Å². The maximum atomic E-state index is 3.60. The Morgan fingerprint density at radius 3 is 1.21 bits per heavy atom. The maximum Gasteiger partial charge on any atom is 0.0245 e. The fourth-order valence-electron chi connectivity index (χ4n) is 7.16. The second-order valence-electron chi connectivity index (χ2n) is 11.1. The summed E-state index contributed by atoms with van der Waals surface area (Å²) in [5.74, 6) is 19.2. The first-order valence-corrected chi connectivity index (χ1v) is 14.0. The minimum atomic E-state index is 0.608. The third-order valence-corrected chi connectivity index (χ3v) is 9.02. The summed E-state index contributed by atoms with van der Waals surface area (Å²) in [4.78, 5) is 0. The zero-order valence-corrected chi connectivity index (χ0v) is 20.7. The Balaban J connectivity index is 1.13. The van der Waals surface area contributed by atoms with Gasteiger partial charge in [-0.05, 0) is 112 Å².